The van der Waals surface area contributed by atoms with E-state index in [0.29, 0.717) is 6.54 Å². The van der Waals surface area contributed by atoms with Crippen LogP contribution in [0.4, 0.5) is 9.18 Å². The Kier molecular flexibility index (Phi) is 8.99. The lowest BCUT2D eigenvalue weighted by molar-refractivity contribution is -0.187. The number of amides is 4. The summed E-state index contributed by atoms with van der Waals surface area (Å²) in [7, 11) is 1.68. The fraction of sp³-hybridized carbons (Fsp3) is 0.323. The molecule has 2 aliphatic heterocycles. The number of nitrogens with one attached hydrogen (secondary N) is 1. The number of carbonyl (C=O) groups excluding carboxylic acids is 3. The van der Waals surface area contributed by atoms with Gasteiger partial charge in [-0.3, -0.25) is 9.59 Å². The van der Waals surface area contributed by atoms with Crippen molar-refractivity contribution in [2.24, 2.45) is 0 Å². The standard InChI is InChI=1S/C31H34FN5O5/c1-34-20-29(39)36-27(17-22-9-13-26(38)14-10-22)30(40)35(15-16-42-21-24-7-11-25(32)12-8-24)19-28(36)37(34)31(41)33-18-23-5-3-2-4-6-23/h2-14,27-28,38H,15-21H2,1H3,(H,33,41)/t27-,28-/m0/s1. The number of halogens is 1. The summed E-state index contributed by atoms with van der Waals surface area (Å²) in [5.74, 6) is -0.721. The highest BCUT2D eigenvalue weighted by Gasteiger charge is 2.50. The van der Waals surface area contributed by atoms with Crippen molar-refractivity contribution in [3.63, 3.8) is 0 Å². The molecule has 2 aliphatic rings. The average molecular weight is 576 g/mol. The van der Waals surface area contributed by atoms with Crippen LogP contribution in [0.15, 0.2) is 78.9 Å². The quantitative estimate of drug-likeness (QED) is 0.380. The van der Waals surface area contributed by atoms with Crippen molar-refractivity contribution in [1.29, 1.82) is 0 Å². The van der Waals surface area contributed by atoms with Crippen LogP contribution >= 0.6 is 0 Å². The number of benzene rings is 3. The van der Waals surface area contributed by atoms with E-state index in [4.69, 9.17) is 4.74 Å². The third-order valence-corrected chi connectivity index (χ3v) is 7.49. The van der Waals surface area contributed by atoms with E-state index in [0.717, 1.165) is 16.7 Å². The number of nitrogens with zero attached hydrogens (tertiary/aromatic N) is 4. The van der Waals surface area contributed by atoms with Gasteiger partial charge in [0.05, 0.1) is 26.3 Å². The molecular formula is C31H34FN5O5. The molecule has 0 bridgehead atoms. The van der Waals surface area contributed by atoms with Crippen LogP contribution in [0.25, 0.3) is 0 Å². The normalized spacial score (nSPS) is 19.1. The summed E-state index contributed by atoms with van der Waals surface area (Å²) in [6, 6.07) is 20.8. The Morgan fingerprint density at radius 3 is 2.38 bits per heavy atom. The summed E-state index contributed by atoms with van der Waals surface area (Å²) in [6.45, 7) is 1.07. The monoisotopic (exact) mass is 575 g/mol. The SMILES string of the molecule is CN1CC(=O)N2[C@@H](Cc3ccc(O)cc3)C(=O)N(CCOCc3ccc(F)cc3)C[C@@H]2N1C(=O)NCc1ccccc1. The molecule has 2 fully saturated rings. The number of phenolic OH excluding ortho intramolecular Hbond substituents is 1. The Morgan fingerprint density at radius 2 is 1.67 bits per heavy atom. The summed E-state index contributed by atoms with van der Waals surface area (Å²) >= 11 is 0. The molecule has 220 valence electrons. The Balaban J connectivity index is 1.35. The lowest BCUT2D eigenvalue weighted by Gasteiger charge is -2.54. The smallest absolute Gasteiger partial charge is 0.334 e. The van der Waals surface area contributed by atoms with Crippen LogP contribution in [0.1, 0.15) is 16.7 Å². The first-order valence-corrected chi connectivity index (χ1v) is 13.8. The van der Waals surface area contributed by atoms with Gasteiger partial charge < -0.3 is 25.0 Å². The molecule has 11 heteroatoms. The number of hydrogen-bond donors (Lipinski definition) is 2. The highest BCUT2D eigenvalue weighted by Crippen LogP contribution is 2.28. The maximum atomic E-state index is 13.8. The van der Waals surface area contributed by atoms with Gasteiger partial charge in [0, 0.05) is 26.6 Å². The molecule has 42 heavy (non-hydrogen) atoms. The van der Waals surface area contributed by atoms with Crippen molar-refractivity contribution >= 4 is 17.8 Å². The van der Waals surface area contributed by atoms with Gasteiger partial charge in [0.1, 0.15) is 23.8 Å². The van der Waals surface area contributed by atoms with E-state index >= 15 is 0 Å². The molecule has 0 unspecified atom stereocenters. The second kappa shape index (κ2) is 13.0. The van der Waals surface area contributed by atoms with Crippen LogP contribution in [-0.2, 0) is 33.9 Å². The second-order valence-electron chi connectivity index (χ2n) is 10.4. The van der Waals surface area contributed by atoms with Crippen molar-refractivity contribution in [2.75, 3.05) is 33.3 Å². The lowest BCUT2D eigenvalue weighted by Crippen LogP contribution is -2.76. The Labute approximate surface area is 243 Å². The third kappa shape index (κ3) is 6.69. The Hall–Kier alpha value is -4.48. The zero-order valence-corrected chi connectivity index (χ0v) is 23.4. The van der Waals surface area contributed by atoms with Gasteiger partial charge in [-0.25, -0.2) is 19.2 Å². The minimum atomic E-state index is -0.851. The van der Waals surface area contributed by atoms with Crippen LogP contribution in [0.5, 0.6) is 5.75 Å². The largest absolute Gasteiger partial charge is 0.508 e. The molecule has 10 nitrogen and oxygen atoms in total. The molecule has 0 saturated carbocycles. The fourth-order valence-corrected chi connectivity index (χ4v) is 5.36. The number of urea groups is 1. The van der Waals surface area contributed by atoms with Crippen LogP contribution < -0.4 is 5.32 Å². The molecule has 0 aromatic heterocycles. The number of piperazine rings is 1. The number of fused-ring (bicyclic) bond motifs is 1. The van der Waals surface area contributed by atoms with Crippen molar-refractivity contribution in [2.45, 2.75) is 31.8 Å². The molecule has 2 heterocycles. The molecular weight excluding hydrogens is 541 g/mol. The van der Waals surface area contributed by atoms with Crippen LogP contribution in [0, 0.1) is 5.82 Å². The highest BCUT2D eigenvalue weighted by molar-refractivity contribution is 5.91. The van der Waals surface area contributed by atoms with E-state index in [1.54, 1.807) is 41.2 Å². The molecule has 3 aromatic carbocycles. The maximum Gasteiger partial charge on any atom is 0.334 e. The van der Waals surface area contributed by atoms with Crippen molar-refractivity contribution in [3.8, 4) is 5.75 Å². The molecule has 0 radical (unpaired) electrons. The molecule has 4 amide bonds. The first-order valence-electron chi connectivity index (χ1n) is 13.8. The van der Waals surface area contributed by atoms with E-state index in [1.165, 1.54) is 34.2 Å². The summed E-state index contributed by atoms with van der Waals surface area (Å²) in [5.41, 5.74) is 2.51. The van der Waals surface area contributed by atoms with E-state index < -0.39 is 12.2 Å². The Bertz CT molecular complexity index is 1390. The van der Waals surface area contributed by atoms with Crippen LogP contribution in [0.3, 0.4) is 0 Å². The Morgan fingerprint density at radius 1 is 0.976 bits per heavy atom. The van der Waals surface area contributed by atoms with E-state index in [9.17, 15) is 23.9 Å². The maximum absolute atomic E-state index is 13.8. The summed E-state index contributed by atoms with van der Waals surface area (Å²) in [6.07, 6.45) is -0.513. The number of hydrazine groups is 1. The summed E-state index contributed by atoms with van der Waals surface area (Å²) < 4.78 is 19.0. The van der Waals surface area contributed by atoms with Gasteiger partial charge in [0.2, 0.25) is 11.8 Å². The van der Waals surface area contributed by atoms with E-state index in [-0.39, 0.29) is 68.7 Å². The van der Waals surface area contributed by atoms with Gasteiger partial charge in [0.25, 0.3) is 0 Å². The molecule has 0 spiro atoms. The van der Waals surface area contributed by atoms with Gasteiger partial charge in [0.15, 0.2) is 0 Å². The highest BCUT2D eigenvalue weighted by atomic mass is 19.1. The van der Waals surface area contributed by atoms with Gasteiger partial charge in [-0.05, 0) is 41.0 Å². The summed E-state index contributed by atoms with van der Waals surface area (Å²) in [4.78, 5) is 43.9. The van der Waals surface area contributed by atoms with Crippen LogP contribution in [-0.4, -0.2) is 88.3 Å². The topological polar surface area (TPSA) is 106 Å². The fourth-order valence-electron chi connectivity index (χ4n) is 5.36. The zero-order chi connectivity index (χ0) is 29.6. The summed E-state index contributed by atoms with van der Waals surface area (Å²) in [5, 5.41) is 15.8. The van der Waals surface area contributed by atoms with E-state index in [1.807, 2.05) is 30.3 Å². The molecule has 0 aliphatic carbocycles. The lowest BCUT2D eigenvalue weighted by atomic mass is 9.98. The third-order valence-electron chi connectivity index (χ3n) is 7.49. The second-order valence-corrected chi connectivity index (χ2v) is 10.4. The van der Waals surface area contributed by atoms with Crippen molar-refractivity contribution in [3.05, 3.63) is 101 Å². The number of ether oxygens (including phenoxy) is 1. The molecule has 2 saturated heterocycles. The van der Waals surface area contributed by atoms with Gasteiger partial charge in [-0.1, -0.05) is 54.6 Å². The minimum absolute atomic E-state index is 0.0601. The number of carbonyl (C=O) groups is 3. The zero-order valence-electron chi connectivity index (χ0n) is 23.4. The molecule has 2 atom stereocenters. The van der Waals surface area contributed by atoms with Crippen molar-refractivity contribution < 1.29 is 28.6 Å². The molecule has 2 N–H and O–H groups in total. The number of phenols is 1. The predicted molar refractivity (Wildman–Crippen MR) is 152 cm³/mol. The van der Waals surface area contributed by atoms with Crippen LogP contribution in [0.2, 0.25) is 0 Å². The van der Waals surface area contributed by atoms with E-state index in [2.05, 4.69) is 5.32 Å². The number of likely N-dealkylation sites (N-methyl/N-ethyl adjacent to an activating group) is 1. The van der Waals surface area contributed by atoms with Crippen molar-refractivity contribution in [1.82, 2.24) is 25.1 Å². The predicted octanol–water partition coefficient (Wildman–Crippen LogP) is 2.73. The van der Waals surface area contributed by atoms with Gasteiger partial charge >= 0.3 is 6.03 Å². The van der Waals surface area contributed by atoms with Gasteiger partial charge in [-0.15, -0.1) is 0 Å². The minimum Gasteiger partial charge on any atom is -0.508 e. The van der Waals surface area contributed by atoms with Gasteiger partial charge in [-0.2, -0.15) is 0 Å². The first kappa shape index (κ1) is 29.0. The average Bonchev–Trinajstić information content (AvgIpc) is 2.98. The number of hydrogen-bond acceptors (Lipinski definition) is 6. The number of rotatable bonds is 9. The number of aromatic hydroxyl groups is 1. The molecule has 3 aromatic rings. The first-order chi connectivity index (χ1) is 20.3. The molecule has 5 rings (SSSR count).